The SMILES string of the molecule is C[C@@H](NC(=O)OCC1c2ccccc2-c2ccccc21)C(=O)n1nnc2ccccc21. The third kappa shape index (κ3) is 3.34. The van der Waals surface area contributed by atoms with Gasteiger partial charge in [-0.15, -0.1) is 5.10 Å². The van der Waals surface area contributed by atoms with E-state index in [1.54, 1.807) is 25.1 Å². The third-order valence-electron chi connectivity index (χ3n) is 5.61. The number of benzene rings is 3. The van der Waals surface area contributed by atoms with Crippen molar-refractivity contribution < 1.29 is 14.3 Å². The number of rotatable bonds is 4. The van der Waals surface area contributed by atoms with Gasteiger partial charge in [-0.2, -0.15) is 4.68 Å². The lowest BCUT2D eigenvalue weighted by Crippen LogP contribution is -2.42. The van der Waals surface area contributed by atoms with Gasteiger partial charge in [-0.1, -0.05) is 65.9 Å². The van der Waals surface area contributed by atoms with E-state index in [-0.39, 0.29) is 18.4 Å². The number of fused-ring (bicyclic) bond motifs is 4. The zero-order valence-electron chi connectivity index (χ0n) is 16.9. The molecule has 0 bridgehead atoms. The van der Waals surface area contributed by atoms with Crippen LogP contribution >= 0.6 is 0 Å². The van der Waals surface area contributed by atoms with Gasteiger partial charge in [-0.25, -0.2) is 4.79 Å². The fourth-order valence-electron chi connectivity index (χ4n) is 4.09. The van der Waals surface area contributed by atoms with Crippen LogP contribution in [0.1, 0.15) is 28.8 Å². The van der Waals surface area contributed by atoms with Gasteiger partial charge in [-0.3, -0.25) is 4.79 Å². The molecule has 1 aliphatic rings. The Bertz CT molecular complexity index is 1250. The second-order valence-electron chi connectivity index (χ2n) is 7.52. The Kier molecular flexibility index (Phi) is 4.71. The molecular weight excluding hydrogens is 392 g/mol. The minimum Gasteiger partial charge on any atom is -0.449 e. The number of para-hydroxylation sites is 1. The van der Waals surface area contributed by atoms with E-state index >= 15 is 0 Å². The second-order valence-corrected chi connectivity index (χ2v) is 7.52. The van der Waals surface area contributed by atoms with Crippen molar-refractivity contribution in [3.8, 4) is 11.1 Å². The van der Waals surface area contributed by atoms with Gasteiger partial charge >= 0.3 is 6.09 Å². The van der Waals surface area contributed by atoms with Gasteiger partial charge in [0.1, 0.15) is 18.2 Å². The number of nitrogens with zero attached hydrogens (tertiary/aromatic N) is 3. The quantitative estimate of drug-likeness (QED) is 0.548. The van der Waals surface area contributed by atoms with E-state index in [2.05, 4.69) is 39.9 Å². The van der Waals surface area contributed by atoms with Crippen LogP contribution in [0, 0.1) is 0 Å². The molecule has 0 saturated heterocycles. The van der Waals surface area contributed by atoms with E-state index in [1.165, 1.54) is 4.68 Å². The predicted molar refractivity (Wildman–Crippen MR) is 116 cm³/mol. The van der Waals surface area contributed by atoms with Gasteiger partial charge in [0.15, 0.2) is 0 Å². The van der Waals surface area contributed by atoms with Crippen LogP contribution in [0.3, 0.4) is 0 Å². The highest BCUT2D eigenvalue weighted by Crippen LogP contribution is 2.44. The Morgan fingerprint density at radius 1 is 0.968 bits per heavy atom. The van der Waals surface area contributed by atoms with Crippen LogP contribution in [0.5, 0.6) is 0 Å². The molecule has 7 heteroatoms. The van der Waals surface area contributed by atoms with Crippen molar-refractivity contribution in [2.24, 2.45) is 0 Å². The Morgan fingerprint density at radius 3 is 2.29 bits per heavy atom. The normalized spacial score (nSPS) is 13.5. The zero-order chi connectivity index (χ0) is 21.4. The first kappa shape index (κ1) is 19.0. The highest BCUT2D eigenvalue weighted by atomic mass is 16.5. The molecule has 0 radical (unpaired) electrons. The molecule has 0 spiro atoms. The number of ether oxygens (including phenoxy) is 1. The number of hydrogen-bond donors (Lipinski definition) is 1. The molecular formula is C24H20N4O3. The summed E-state index contributed by atoms with van der Waals surface area (Å²) in [7, 11) is 0. The van der Waals surface area contributed by atoms with Gasteiger partial charge in [0, 0.05) is 5.92 Å². The Morgan fingerprint density at radius 2 is 1.58 bits per heavy atom. The molecule has 1 heterocycles. The van der Waals surface area contributed by atoms with Crippen LogP contribution in [0.25, 0.3) is 22.2 Å². The summed E-state index contributed by atoms with van der Waals surface area (Å²) in [6, 6.07) is 22.6. The smallest absolute Gasteiger partial charge is 0.407 e. The summed E-state index contributed by atoms with van der Waals surface area (Å²) in [6.45, 7) is 1.78. The summed E-state index contributed by atoms with van der Waals surface area (Å²) in [4.78, 5) is 25.2. The largest absolute Gasteiger partial charge is 0.449 e. The van der Waals surface area contributed by atoms with Crippen molar-refractivity contribution in [1.29, 1.82) is 0 Å². The van der Waals surface area contributed by atoms with Crippen molar-refractivity contribution in [2.45, 2.75) is 18.9 Å². The average molecular weight is 412 g/mol. The van der Waals surface area contributed by atoms with E-state index in [0.717, 1.165) is 22.3 Å². The predicted octanol–water partition coefficient (Wildman–Crippen LogP) is 4.00. The Hall–Kier alpha value is -4.00. The summed E-state index contributed by atoms with van der Waals surface area (Å²) in [5, 5.41) is 10.5. The molecule has 0 saturated carbocycles. The van der Waals surface area contributed by atoms with Crippen LogP contribution in [-0.4, -0.2) is 39.6 Å². The standard InChI is InChI=1S/C24H20N4O3/c1-15(23(29)28-22-13-7-6-12-21(22)26-27-28)25-24(30)31-14-20-18-10-4-2-8-16(18)17-9-3-5-11-19(17)20/h2-13,15,20H,14H2,1H3,(H,25,30)/t15-/m1/s1. The Labute approximate surface area is 178 Å². The lowest BCUT2D eigenvalue weighted by atomic mass is 9.98. The number of aromatic nitrogens is 3. The number of carbonyl (C=O) groups is 2. The van der Waals surface area contributed by atoms with Crippen LogP contribution in [0.15, 0.2) is 72.8 Å². The van der Waals surface area contributed by atoms with Crippen molar-refractivity contribution in [3.63, 3.8) is 0 Å². The van der Waals surface area contributed by atoms with Gasteiger partial charge in [-0.05, 0) is 41.3 Å². The van der Waals surface area contributed by atoms with E-state index in [9.17, 15) is 9.59 Å². The van der Waals surface area contributed by atoms with Gasteiger partial charge < -0.3 is 10.1 Å². The Balaban J connectivity index is 1.27. The molecule has 31 heavy (non-hydrogen) atoms. The molecule has 0 fully saturated rings. The molecule has 5 rings (SSSR count). The fourth-order valence-corrected chi connectivity index (χ4v) is 4.09. The lowest BCUT2D eigenvalue weighted by molar-refractivity contribution is 0.0837. The van der Waals surface area contributed by atoms with E-state index in [0.29, 0.717) is 11.0 Å². The molecule has 1 aromatic heterocycles. The van der Waals surface area contributed by atoms with Crippen LogP contribution in [0.4, 0.5) is 4.79 Å². The molecule has 0 aliphatic heterocycles. The number of carbonyl (C=O) groups excluding carboxylic acids is 2. The molecule has 7 nitrogen and oxygen atoms in total. The van der Waals surface area contributed by atoms with Gasteiger partial charge in [0.05, 0.1) is 5.52 Å². The van der Waals surface area contributed by atoms with Crippen LogP contribution in [0.2, 0.25) is 0 Å². The molecule has 1 aliphatic carbocycles. The summed E-state index contributed by atoms with van der Waals surface area (Å²) in [5.41, 5.74) is 5.80. The monoisotopic (exact) mass is 412 g/mol. The van der Waals surface area contributed by atoms with Gasteiger partial charge in [0.25, 0.3) is 5.91 Å². The van der Waals surface area contributed by atoms with E-state index < -0.39 is 12.1 Å². The lowest BCUT2D eigenvalue weighted by Gasteiger charge is -2.16. The topological polar surface area (TPSA) is 86.1 Å². The highest BCUT2D eigenvalue weighted by Gasteiger charge is 2.29. The first-order chi connectivity index (χ1) is 15.1. The fraction of sp³-hybridized carbons (Fsp3) is 0.167. The zero-order valence-corrected chi connectivity index (χ0v) is 16.9. The molecule has 1 atom stereocenters. The summed E-state index contributed by atoms with van der Waals surface area (Å²) in [6.07, 6.45) is -0.646. The first-order valence-electron chi connectivity index (χ1n) is 10.1. The summed E-state index contributed by atoms with van der Waals surface area (Å²) >= 11 is 0. The molecule has 1 amide bonds. The number of alkyl carbamates (subject to hydrolysis) is 1. The van der Waals surface area contributed by atoms with Crippen LogP contribution in [-0.2, 0) is 4.74 Å². The second kappa shape index (κ2) is 7.68. The van der Waals surface area contributed by atoms with Crippen molar-refractivity contribution in [3.05, 3.63) is 83.9 Å². The maximum absolute atomic E-state index is 12.7. The van der Waals surface area contributed by atoms with E-state index in [4.69, 9.17) is 4.74 Å². The maximum Gasteiger partial charge on any atom is 0.407 e. The minimum absolute atomic E-state index is 0.0385. The van der Waals surface area contributed by atoms with Crippen LogP contribution < -0.4 is 5.32 Å². The molecule has 0 unspecified atom stereocenters. The molecule has 4 aromatic rings. The van der Waals surface area contributed by atoms with Gasteiger partial charge in [0.2, 0.25) is 0 Å². The summed E-state index contributed by atoms with van der Waals surface area (Å²) < 4.78 is 6.72. The van der Waals surface area contributed by atoms with Crippen molar-refractivity contribution in [2.75, 3.05) is 6.61 Å². The number of amides is 1. The third-order valence-corrected chi connectivity index (χ3v) is 5.61. The summed E-state index contributed by atoms with van der Waals surface area (Å²) in [5.74, 6) is -0.425. The molecule has 1 N–H and O–H groups in total. The molecule has 3 aromatic carbocycles. The van der Waals surface area contributed by atoms with Crippen molar-refractivity contribution >= 4 is 23.0 Å². The van der Waals surface area contributed by atoms with E-state index in [1.807, 2.05) is 30.3 Å². The molecule has 154 valence electrons. The van der Waals surface area contributed by atoms with Crippen molar-refractivity contribution in [1.82, 2.24) is 20.3 Å². The minimum atomic E-state index is -0.819. The number of nitrogens with one attached hydrogen (secondary N) is 1. The first-order valence-corrected chi connectivity index (χ1v) is 10.1. The highest BCUT2D eigenvalue weighted by molar-refractivity contribution is 5.93. The number of hydrogen-bond acceptors (Lipinski definition) is 5. The average Bonchev–Trinajstić information content (AvgIpc) is 3.37. The maximum atomic E-state index is 12.7.